The Balaban J connectivity index is 1.39. The zero-order valence-corrected chi connectivity index (χ0v) is 15.7. The van der Waals surface area contributed by atoms with Gasteiger partial charge in [0.2, 0.25) is 0 Å². The van der Waals surface area contributed by atoms with Gasteiger partial charge in [-0.2, -0.15) is 10.2 Å². The van der Waals surface area contributed by atoms with Gasteiger partial charge in [0.15, 0.2) is 5.82 Å². The standard InChI is InChI=1S/C21H21N7/c1-27-13-18(10-25-27)15-3-2-4-16(7-15)21-23-8-17(9-24-21)19-11-26-28(14-19)20-5-6-22-12-20/h2-4,7-11,13-14,20,22H,5-6,12H2,1H3/t20-/m0/s1. The Morgan fingerprint density at radius 1 is 0.893 bits per heavy atom. The molecule has 1 atom stereocenters. The van der Waals surface area contributed by atoms with Gasteiger partial charge in [-0.1, -0.05) is 18.2 Å². The molecule has 0 aliphatic carbocycles. The second kappa shape index (κ2) is 7.01. The maximum atomic E-state index is 4.59. The van der Waals surface area contributed by atoms with E-state index in [1.54, 1.807) is 4.68 Å². The van der Waals surface area contributed by atoms with E-state index < -0.39 is 0 Å². The van der Waals surface area contributed by atoms with E-state index in [2.05, 4.69) is 43.8 Å². The summed E-state index contributed by atoms with van der Waals surface area (Å²) in [7, 11) is 1.92. The van der Waals surface area contributed by atoms with Crippen molar-refractivity contribution in [3.63, 3.8) is 0 Å². The van der Waals surface area contributed by atoms with E-state index in [1.165, 1.54) is 0 Å². The minimum atomic E-state index is 0.434. The summed E-state index contributed by atoms with van der Waals surface area (Å²) < 4.78 is 3.84. The van der Waals surface area contributed by atoms with E-state index >= 15 is 0 Å². The van der Waals surface area contributed by atoms with Gasteiger partial charge in [0.05, 0.1) is 18.4 Å². The minimum absolute atomic E-state index is 0.434. The van der Waals surface area contributed by atoms with Gasteiger partial charge in [-0.15, -0.1) is 0 Å². The number of benzene rings is 1. The second-order valence-corrected chi connectivity index (χ2v) is 7.13. The lowest BCUT2D eigenvalue weighted by molar-refractivity contribution is 0.491. The van der Waals surface area contributed by atoms with Crippen LogP contribution in [0.4, 0.5) is 0 Å². The third-order valence-corrected chi connectivity index (χ3v) is 5.15. The van der Waals surface area contributed by atoms with E-state index in [4.69, 9.17) is 0 Å². The molecule has 140 valence electrons. The van der Waals surface area contributed by atoms with Crippen molar-refractivity contribution in [2.24, 2.45) is 7.05 Å². The molecule has 0 radical (unpaired) electrons. The van der Waals surface area contributed by atoms with Crippen LogP contribution in [0.2, 0.25) is 0 Å². The highest BCUT2D eigenvalue weighted by atomic mass is 15.3. The van der Waals surface area contributed by atoms with Gasteiger partial charge in [0.1, 0.15) is 0 Å². The SMILES string of the molecule is Cn1cc(-c2cccc(-c3ncc(-c4cnn([C@H]5CCNC5)c4)cn3)c2)cn1. The third-order valence-electron chi connectivity index (χ3n) is 5.15. The summed E-state index contributed by atoms with van der Waals surface area (Å²) in [5.41, 5.74) is 5.19. The number of nitrogens with zero attached hydrogens (tertiary/aromatic N) is 6. The highest BCUT2D eigenvalue weighted by Crippen LogP contribution is 2.26. The van der Waals surface area contributed by atoms with Crippen LogP contribution >= 0.6 is 0 Å². The van der Waals surface area contributed by atoms with Crippen molar-refractivity contribution in [2.75, 3.05) is 13.1 Å². The van der Waals surface area contributed by atoms with Crippen LogP contribution in [0.5, 0.6) is 0 Å². The smallest absolute Gasteiger partial charge is 0.159 e. The van der Waals surface area contributed by atoms with Crippen molar-refractivity contribution in [3.05, 3.63) is 61.4 Å². The van der Waals surface area contributed by atoms with Gasteiger partial charge in [-0.05, 0) is 24.6 Å². The average molecular weight is 371 g/mol. The first-order chi connectivity index (χ1) is 13.8. The van der Waals surface area contributed by atoms with Crippen molar-refractivity contribution in [2.45, 2.75) is 12.5 Å². The number of hydrogen-bond acceptors (Lipinski definition) is 5. The van der Waals surface area contributed by atoms with Gasteiger partial charge >= 0.3 is 0 Å². The van der Waals surface area contributed by atoms with Crippen LogP contribution in [0.15, 0.2) is 61.4 Å². The topological polar surface area (TPSA) is 73.5 Å². The first-order valence-electron chi connectivity index (χ1n) is 9.43. The monoisotopic (exact) mass is 371 g/mol. The Morgan fingerprint density at radius 2 is 1.68 bits per heavy atom. The number of nitrogens with one attached hydrogen (secondary N) is 1. The highest BCUT2D eigenvalue weighted by Gasteiger charge is 2.17. The van der Waals surface area contributed by atoms with Crippen molar-refractivity contribution in [1.82, 2.24) is 34.8 Å². The molecule has 0 unspecified atom stereocenters. The summed E-state index contributed by atoms with van der Waals surface area (Å²) in [6.07, 6.45) is 12.7. The molecule has 5 rings (SSSR count). The summed E-state index contributed by atoms with van der Waals surface area (Å²) in [5, 5.41) is 12.1. The van der Waals surface area contributed by atoms with Gasteiger partial charge in [0, 0.05) is 60.6 Å². The van der Waals surface area contributed by atoms with E-state index in [0.29, 0.717) is 11.9 Å². The van der Waals surface area contributed by atoms with Crippen LogP contribution in [0.3, 0.4) is 0 Å². The molecule has 1 saturated heterocycles. The van der Waals surface area contributed by atoms with Crippen LogP contribution in [0.25, 0.3) is 33.6 Å². The summed E-state index contributed by atoms with van der Waals surface area (Å²) in [5.74, 6) is 0.710. The summed E-state index contributed by atoms with van der Waals surface area (Å²) in [4.78, 5) is 9.18. The van der Waals surface area contributed by atoms with Crippen molar-refractivity contribution < 1.29 is 0 Å². The Morgan fingerprint density at radius 3 is 2.43 bits per heavy atom. The molecule has 28 heavy (non-hydrogen) atoms. The highest BCUT2D eigenvalue weighted by molar-refractivity contribution is 5.70. The number of rotatable bonds is 4. The Hall–Kier alpha value is -3.32. The molecule has 7 nitrogen and oxygen atoms in total. The molecule has 1 aliphatic rings. The van der Waals surface area contributed by atoms with Crippen LogP contribution < -0.4 is 5.32 Å². The maximum absolute atomic E-state index is 4.59. The fourth-order valence-corrected chi connectivity index (χ4v) is 3.59. The molecule has 0 saturated carbocycles. The molecule has 4 heterocycles. The summed E-state index contributed by atoms with van der Waals surface area (Å²) in [6.45, 7) is 2.03. The molecule has 0 spiro atoms. The van der Waals surface area contributed by atoms with Crippen molar-refractivity contribution >= 4 is 0 Å². The molecule has 0 amide bonds. The number of aryl methyl sites for hydroxylation is 1. The molecule has 7 heteroatoms. The molecule has 1 fully saturated rings. The fourth-order valence-electron chi connectivity index (χ4n) is 3.59. The normalized spacial score (nSPS) is 16.5. The first-order valence-corrected chi connectivity index (χ1v) is 9.43. The second-order valence-electron chi connectivity index (χ2n) is 7.13. The zero-order valence-electron chi connectivity index (χ0n) is 15.7. The third kappa shape index (κ3) is 3.20. The van der Waals surface area contributed by atoms with Gasteiger partial charge < -0.3 is 5.32 Å². The Labute approximate surface area is 163 Å². The van der Waals surface area contributed by atoms with E-state index in [1.807, 2.05) is 54.8 Å². The molecule has 1 N–H and O–H groups in total. The molecule has 4 aromatic rings. The van der Waals surface area contributed by atoms with Crippen LogP contribution in [-0.4, -0.2) is 42.6 Å². The molecule has 1 aliphatic heterocycles. The summed E-state index contributed by atoms with van der Waals surface area (Å²) >= 11 is 0. The lowest BCUT2D eigenvalue weighted by Gasteiger charge is -2.07. The van der Waals surface area contributed by atoms with Crippen LogP contribution in [0.1, 0.15) is 12.5 Å². The minimum Gasteiger partial charge on any atom is -0.315 e. The quantitative estimate of drug-likeness (QED) is 0.597. The van der Waals surface area contributed by atoms with Crippen molar-refractivity contribution in [1.29, 1.82) is 0 Å². The van der Waals surface area contributed by atoms with E-state index in [0.717, 1.165) is 47.3 Å². The van der Waals surface area contributed by atoms with Crippen LogP contribution in [0, 0.1) is 0 Å². The molecular weight excluding hydrogens is 350 g/mol. The van der Waals surface area contributed by atoms with Gasteiger partial charge in [-0.3, -0.25) is 9.36 Å². The molecule has 3 aromatic heterocycles. The summed E-state index contributed by atoms with van der Waals surface area (Å²) in [6, 6.07) is 8.65. The largest absolute Gasteiger partial charge is 0.315 e. The predicted octanol–water partition coefficient (Wildman–Crippen LogP) is 2.94. The van der Waals surface area contributed by atoms with E-state index in [9.17, 15) is 0 Å². The zero-order chi connectivity index (χ0) is 18.9. The average Bonchev–Trinajstić information content (AvgIpc) is 3.49. The maximum Gasteiger partial charge on any atom is 0.159 e. The Kier molecular flexibility index (Phi) is 4.21. The molecular formula is C21H21N7. The molecule has 0 bridgehead atoms. The van der Waals surface area contributed by atoms with Gasteiger partial charge in [-0.25, -0.2) is 9.97 Å². The number of aromatic nitrogens is 6. The lowest BCUT2D eigenvalue weighted by atomic mass is 10.1. The molecule has 1 aromatic carbocycles. The van der Waals surface area contributed by atoms with E-state index in [-0.39, 0.29) is 0 Å². The number of hydrogen-bond donors (Lipinski definition) is 1. The predicted molar refractivity (Wildman–Crippen MR) is 107 cm³/mol. The first kappa shape index (κ1) is 16.8. The lowest BCUT2D eigenvalue weighted by Crippen LogP contribution is -2.13. The Bertz CT molecular complexity index is 1090. The van der Waals surface area contributed by atoms with Gasteiger partial charge in [0.25, 0.3) is 0 Å². The fraction of sp³-hybridized carbons (Fsp3) is 0.238. The van der Waals surface area contributed by atoms with Crippen LogP contribution in [-0.2, 0) is 7.05 Å². The van der Waals surface area contributed by atoms with Crippen molar-refractivity contribution in [3.8, 4) is 33.6 Å².